The topological polar surface area (TPSA) is 78.4 Å². The van der Waals surface area contributed by atoms with Crippen molar-refractivity contribution in [2.45, 2.75) is 6.54 Å². The molecule has 21 heavy (non-hydrogen) atoms. The molecule has 2 rings (SSSR count). The third-order valence-electron chi connectivity index (χ3n) is 2.58. The van der Waals surface area contributed by atoms with Gasteiger partial charge in [0.05, 0.1) is 17.8 Å². The molecular formula is C13H10BrFN2O3S. The lowest BCUT2D eigenvalue weighted by molar-refractivity contribution is 0.0697. The van der Waals surface area contributed by atoms with Gasteiger partial charge in [0, 0.05) is 9.35 Å². The van der Waals surface area contributed by atoms with E-state index in [1.165, 1.54) is 23.5 Å². The van der Waals surface area contributed by atoms with Gasteiger partial charge in [0.15, 0.2) is 0 Å². The zero-order chi connectivity index (χ0) is 15.4. The van der Waals surface area contributed by atoms with Crippen molar-refractivity contribution in [1.29, 1.82) is 0 Å². The molecule has 0 aliphatic rings. The van der Waals surface area contributed by atoms with Crippen LogP contribution in [0.25, 0.3) is 0 Å². The van der Waals surface area contributed by atoms with Crippen molar-refractivity contribution in [3.8, 4) is 0 Å². The SMILES string of the molecule is O=C(NCc1sccc1Br)Nc1c(F)cccc1C(=O)O. The second kappa shape index (κ2) is 6.68. The van der Waals surface area contributed by atoms with E-state index < -0.39 is 17.8 Å². The molecule has 1 aromatic carbocycles. The molecule has 3 N–H and O–H groups in total. The zero-order valence-corrected chi connectivity index (χ0v) is 12.9. The van der Waals surface area contributed by atoms with Crippen LogP contribution in [0.15, 0.2) is 34.1 Å². The highest BCUT2D eigenvalue weighted by Crippen LogP contribution is 2.23. The number of aromatic carboxylic acids is 1. The maximum Gasteiger partial charge on any atom is 0.337 e. The Morgan fingerprint density at radius 3 is 2.71 bits per heavy atom. The quantitative estimate of drug-likeness (QED) is 0.765. The summed E-state index contributed by atoms with van der Waals surface area (Å²) in [5.41, 5.74) is -0.657. The van der Waals surface area contributed by atoms with Gasteiger partial charge in [-0.25, -0.2) is 14.0 Å². The summed E-state index contributed by atoms with van der Waals surface area (Å²) in [5.74, 6) is -2.12. The van der Waals surface area contributed by atoms with Crippen molar-refractivity contribution < 1.29 is 19.1 Å². The smallest absolute Gasteiger partial charge is 0.337 e. The fourth-order valence-corrected chi connectivity index (χ4v) is 3.03. The van der Waals surface area contributed by atoms with Gasteiger partial charge < -0.3 is 15.7 Å². The van der Waals surface area contributed by atoms with Crippen LogP contribution in [0.1, 0.15) is 15.2 Å². The molecule has 2 aromatic rings. The fraction of sp³-hybridized carbons (Fsp3) is 0.0769. The van der Waals surface area contributed by atoms with Gasteiger partial charge in [-0.05, 0) is 39.5 Å². The largest absolute Gasteiger partial charge is 0.478 e. The highest BCUT2D eigenvalue weighted by Gasteiger charge is 2.16. The Hall–Kier alpha value is -1.93. The molecular weight excluding hydrogens is 363 g/mol. The molecule has 1 heterocycles. The van der Waals surface area contributed by atoms with Crippen molar-refractivity contribution in [1.82, 2.24) is 5.32 Å². The van der Waals surface area contributed by atoms with Crippen LogP contribution in [0.3, 0.4) is 0 Å². The van der Waals surface area contributed by atoms with Crippen LogP contribution in [0.4, 0.5) is 14.9 Å². The minimum atomic E-state index is -1.31. The second-order valence-corrected chi connectivity index (χ2v) is 5.82. The molecule has 0 bridgehead atoms. The van der Waals surface area contributed by atoms with E-state index in [0.29, 0.717) is 0 Å². The van der Waals surface area contributed by atoms with Crippen molar-refractivity contribution in [3.05, 3.63) is 50.4 Å². The Bertz CT molecular complexity index is 690. The number of thiophene rings is 1. The Kier molecular flexibility index (Phi) is 4.92. The van der Waals surface area contributed by atoms with Crippen LogP contribution in [0.2, 0.25) is 0 Å². The summed E-state index contributed by atoms with van der Waals surface area (Å²) in [6, 6.07) is 4.74. The van der Waals surface area contributed by atoms with E-state index in [4.69, 9.17) is 5.11 Å². The number of carbonyl (C=O) groups excluding carboxylic acids is 1. The van der Waals surface area contributed by atoms with Crippen molar-refractivity contribution in [3.63, 3.8) is 0 Å². The van der Waals surface area contributed by atoms with Crippen LogP contribution in [0.5, 0.6) is 0 Å². The molecule has 0 radical (unpaired) electrons. The summed E-state index contributed by atoms with van der Waals surface area (Å²) in [6.45, 7) is 0.251. The van der Waals surface area contributed by atoms with Crippen molar-refractivity contribution in [2.24, 2.45) is 0 Å². The minimum Gasteiger partial charge on any atom is -0.478 e. The Morgan fingerprint density at radius 1 is 1.33 bits per heavy atom. The average molecular weight is 373 g/mol. The molecule has 110 valence electrons. The average Bonchev–Trinajstić information content (AvgIpc) is 2.84. The lowest BCUT2D eigenvalue weighted by atomic mass is 10.1. The molecule has 1 aromatic heterocycles. The van der Waals surface area contributed by atoms with Gasteiger partial charge in [-0.3, -0.25) is 0 Å². The monoisotopic (exact) mass is 372 g/mol. The number of carboxylic acids is 1. The van der Waals surface area contributed by atoms with E-state index in [9.17, 15) is 14.0 Å². The maximum absolute atomic E-state index is 13.6. The molecule has 0 aliphatic heterocycles. The molecule has 0 saturated carbocycles. The summed E-state index contributed by atoms with van der Waals surface area (Å²) in [4.78, 5) is 23.7. The second-order valence-electron chi connectivity index (χ2n) is 3.97. The number of nitrogens with one attached hydrogen (secondary N) is 2. The number of hydrogen-bond donors (Lipinski definition) is 3. The summed E-state index contributed by atoms with van der Waals surface area (Å²) < 4.78 is 14.5. The predicted molar refractivity (Wildman–Crippen MR) is 81.2 cm³/mol. The number of amides is 2. The summed E-state index contributed by atoms with van der Waals surface area (Å²) in [7, 11) is 0. The number of hydrogen-bond acceptors (Lipinski definition) is 3. The number of rotatable bonds is 4. The third kappa shape index (κ3) is 3.79. The van der Waals surface area contributed by atoms with E-state index in [0.717, 1.165) is 15.4 Å². The first-order chi connectivity index (χ1) is 9.99. The predicted octanol–water partition coefficient (Wildman–Crippen LogP) is 3.67. The van der Waals surface area contributed by atoms with Gasteiger partial charge in [-0.15, -0.1) is 11.3 Å². The van der Waals surface area contributed by atoms with E-state index in [2.05, 4.69) is 26.6 Å². The van der Waals surface area contributed by atoms with E-state index in [1.807, 2.05) is 11.4 Å². The summed E-state index contributed by atoms with van der Waals surface area (Å²) in [5, 5.41) is 15.6. The number of benzene rings is 1. The Balaban J connectivity index is 2.06. The van der Waals surface area contributed by atoms with Gasteiger partial charge in [0.1, 0.15) is 5.82 Å². The number of carboxylic acid groups (broad SMARTS) is 1. The zero-order valence-electron chi connectivity index (χ0n) is 10.5. The number of urea groups is 1. The first-order valence-electron chi connectivity index (χ1n) is 5.77. The van der Waals surface area contributed by atoms with E-state index in [-0.39, 0.29) is 17.8 Å². The molecule has 0 saturated heterocycles. The minimum absolute atomic E-state index is 0.251. The standard InChI is InChI=1S/C13H10BrFN2O3S/c14-8-4-5-21-10(8)6-16-13(20)17-11-7(12(18)19)2-1-3-9(11)15/h1-5H,6H2,(H,18,19)(H2,16,17,20). The van der Waals surface area contributed by atoms with Crippen LogP contribution < -0.4 is 10.6 Å². The highest BCUT2D eigenvalue weighted by molar-refractivity contribution is 9.10. The van der Waals surface area contributed by atoms with Crippen molar-refractivity contribution in [2.75, 3.05) is 5.32 Å². The Labute approximate surface area is 131 Å². The summed E-state index contributed by atoms with van der Waals surface area (Å²) >= 11 is 4.78. The normalized spacial score (nSPS) is 10.2. The molecule has 5 nitrogen and oxygen atoms in total. The fourth-order valence-electron chi connectivity index (χ4n) is 1.60. The number of halogens is 2. The van der Waals surface area contributed by atoms with Gasteiger partial charge in [0.25, 0.3) is 0 Å². The van der Waals surface area contributed by atoms with E-state index >= 15 is 0 Å². The lowest BCUT2D eigenvalue weighted by Gasteiger charge is -2.10. The first-order valence-corrected chi connectivity index (χ1v) is 7.45. The Morgan fingerprint density at radius 2 is 2.10 bits per heavy atom. The van der Waals surface area contributed by atoms with Crippen LogP contribution in [-0.4, -0.2) is 17.1 Å². The van der Waals surface area contributed by atoms with Gasteiger partial charge >= 0.3 is 12.0 Å². The number of anilines is 1. The third-order valence-corrected chi connectivity index (χ3v) is 4.51. The number of para-hydroxylation sites is 1. The van der Waals surface area contributed by atoms with Crippen molar-refractivity contribution >= 4 is 45.0 Å². The lowest BCUT2D eigenvalue weighted by Crippen LogP contribution is -2.29. The molecule has 0 spiro atoms. The maximum atomic E-state index is 13.6. The molecule has 0 fully saturated rings. The molecule has 0 unspecified atom stereocenters. The molecule has 8 heteroatoms. The highest BCUT2D eigenvalue weighted by atomic mass is 79.9. The van der Waals surface area contributed by atoms with Crippen LogP contribution >= 0.6 is 27.3 Å². The van der Waals surface area contributed by atoms with Gasteiger partial charge in [-0.2, -0.15) is 0 Å². The molecule has 0 atom stereocenters. The summed E-state index contributed by atoms with van der Waals surface area (Å²) in [6.07, 6.45) is 0. The molecule has 2 amide bonds. The number of carbonyl (C=O) groups is 2. The van der Waals surface area contributed by atoms with E-state index in [1.54, 1.807) is 0 Å². The molecule has 0 aliphatic carbocycles. The van der Waals surface area contributed by atoms with Gasteiger partial charge in [-0.1, -0.05) is 6.07 Å². The van der Waals surface area contributed by atoms with Crippen LogP contribution in [-0.2, 0) is 6.54 Å². The van der Waals surface area contributed by atoms with Crippen LogP contribution in [0, 0.1) is 5.82 Å². The first kappa shape index (κ1) is 15.5. The van der Waals surface area contributed by atoms with Gasteiger partial charge in [0.2, 0.25) is 0 Å².